The van der Waals surface area contributed by atoms with Crippen molar-refractivity contribution >= 4 is 5.91 Å². The summed E-state index contributed by atoms with van der Waals surface area (Å²) >= 11 is 0. The molecular weight excluding hydrogens is 216 g/mol. The van der Waals surface area contributed by atoms with E-state index in [1.54, 1.807) is 0 Å². The van der Waals surface area contributed by atoms with Crippen molar-refractivity contribution in [2.45, 2.75) is 64.0 Å². The van der Waals surface area contributed by atoms with Crippen LogP contribution in [0.4, 0.5) is 0 Å². The number of hydrogen-bond donors (Lipinski definition) is 3. The van der Waals surface area contributed by atoms with Gasteiger partial charge in [0.1, 0.15) is 0 Å². The van der Waals surface area contributed by atoms with Gasteiger partial charge in [0.15, 0.2) is 0 Å². The fraction of sp³-hybridized carbons (Fsp3) is 0.923. The van der Waals surface area contributed by atoms with Gasteiger partial charge in [-0.2, -0.15) is 0 Å². The zero-order valence-corrected chi connectivity index (χ0v) is 11.0. The van der Waals surface area contributed by atoms with Crippen LogP contribution in [0.5, 0.6) is 0 Å². The van der Waals surface area contributed by atoms with Crippen molar-refractivity contribution in [2.24, 2.45) is 11.7 Å². The minimum atomic E-state index is -0.441. The first-order valence-electron chi connectivity index (χ1n) is 6.74. The molecule has 4 nitrogen and oxygen atoms in total. The summed E-state index contributed by atoms with van der Waals surface area (Å²) in [6.45, 7) is 4.46. The molecule has 4 N–H and O–H groups in total. The van der Waals surface area contributed by atoms with E-state index in [1.165, 1.54) is 0 Å². The zero-order chi connectivity index (χ0) is 12.9. The van der Waals surface area contributed by atoms with Crippen LogP contribution < -0.4 is 11.1 Å². The molecule has 0 aromatic heterocycles. The Morgan fingerprint density at radius 2 is 2.00 bits per heavy atom. The maximum absolute atomic E-state index is 11.7. The Bertz CT molecular complexity index is 248. The molecule has 0 spiro atoms. The topological polar surface area (TPSA) is 75.3 Å². The molecule has 0 saturated heterocycles. The highest BCUT2D eigenvalue weighted by Crippen LogP contribution is 2.31. The Kier molecular flexibility index (Phi) is 5.40. The van der Waals surface area contributed by atoms with E-state index in [2.05, 4.69) is 19.2 Å². The second-order valence-electron chi connectivity index (χ2n) is 5.34. The minimum absolute atomic E-state index is 0.0304. The summed E-state index contributed by atoms with van der Waals surface area (Å²) in [6, 6.07) is 0. The van der Waals surface area contributed by atoms with Gasteiger partial charge in [0.05, 0.1) is 6.10 Å². The molecule has 17 heavy (non-hydrogen) atoms. The van der Waals surface area contributed by atoms with Gasteiger partial charge in [-0.05, 0) is 25.2 Å². The van der Waals surface area contributed by atoms with E-state index >= 15 is 0 Å². The number of amides is 1. The summed E-state index contributed by atoms with van der Waals surface area (Å²) in [5.41, 5.74) is 5.73. The maximum Gasteiger partial charge on any atom is 0.221 e. The number of carbonyl (C=O) groups excluding carboxylic acids is 1. The average Bonchev–Trinajstić information content (AvgIpc) is 2.26. The summed E-state index contributed by atoms with van der Waals surface area (Å²) in [6.07, 6.45) is 4.83. The minimum Gasteiger partial charge on any atom is -0.391 e. The number of hydrogen-bond acceptors (Lipinski definition) is 3. The van der Waals surface area contributed by atoms with Gasteiger partial charge in [-0.25, -0.2) is 0 Å². The SMILES string of the molecule is CCC(CC)C(O)CNC(=O)CC1(N)CCC1. The highest BCUT2D eigenvalue weighted by molar-refractivity contribution is 5.77. The summed E-state index contributed by atoms with van der Waals surface area (Å²) in [4.78, 5) is 11.7. The largest absolute Gasteiger partial charge is 0.391 e. The lowest BCUT2D eigenvalue weighted by Gasteiger charge is -2.37. The van der Waals surface area contributed by atoms with Gasteiger partial charge in [0, 0.05) is 18.5 Å². The van der Waals surface area contributed by atoms with Gasteiger partial charge in [-0.3, -0.25) is 4.79 Å². The van der Waals surface area contributed by atoms with E-state index in [0.717, 1.165) is 32.1 Å². The van der Waals surface area contributed by atoms with Crippen molar-refractivity contribution in [3.05, 3.63) is 0 Å². The maximum atomic E-state index is 11.7. The lowest BCUT2D eigenvalue weighted by atomic mass is 9.75. The molecule has 1 amide bonds. The molecule has 0 aliphatic heterocycles. The first kappa shape index (κ1) is 14.5. The Morgan fingerprint density at radius 3 is 2.41 bits per heavy atom. The predicted molar refractivity (Wildman–Crippen MR) is 68.5 cm³/mol. The van der Waals surface area contributed by atoms with Crippen LogP contribution in [-0.2, 0) is 4.79 Å². The summed E-state index contributed by atoms with van der Waals surface area (Å²) < 4.78 is 0. The molecular formula is C13H26N2O2. The van der Waals surface area contributed by atoms with Gasteiger partial charge >= 0.3 is 0 Å². The number of nitrogens with two attached hydrogens (primary N) is 1. The standard InChI is InChI=1S/C13H26N2O2/c1-3-10(4-2)11(16)9-15-12(17)8-13(14)6-5-7-13/h10-11,16H,3-9,14H2,1-2H3,(H,15,17). The third-order valence-corrected chi connectivity index (χ3v) is 3.96. The van der Waals surface area contributed by atoms with E-state index < -0.39 is 6.10 Å². The molecule has 4 heteroatoms. The molecule has 0 bridgehead atoms. The van der Waals surface area contributed by atoms with Crippen molar-refractivity contribution in [1.29, 1.82) is 0 Å². The van der Waals surface area contributed by atoms with Crippen LogP contribution in [0.15, 0.2) is 0 Å². The predicted octanol–water partition coefficient (Wildman–Crippen LogP) is 1.17. The fourth-order valence-electron chi connectivity index (χ4n) is 2.41. The highest BCUT2D eigenvalue weighted by atomic mass is 16.3. The lowest BCUT2D eigenvalue weighted by Crippen LogP contribution is -2.50. The molecule has 0 aromatic carbocycles. The van der Waals surface area contributed by atoms with E-state index in [9.17, 15) is 9.90 Å². The Balaban J connectivity index is 2.23. The van der Waals surface area contributed by atoms with Crippen molar-refractivity contribution in [2.75, 3.05) is 6.54 Å². The van der Waals surface area contributed by atoms with Crippen LogP contribution in [0.2, 0.25) is 0 Å². The van der Waals surface area contributed by atoms with Crippen molar-refractivity contribution in [1.82, 2.24) is 5.32 Å². The summed E-state index contributed by atoms with van der Waals surface area (Å²) in [5.74, 6) is 0.239. The molecule has 0 heterocycles. The lowest BCUT2D eigenvalue weighted by molar-refractivity contribution is -0.123. The van der Waals surface area contributed by atoms with Crippen molar-refractivity contribution in [3.63, 3.8) is 0 Å². The first-order valence-corrected chi connectivity index (χ1v) is 6.74. The number of aliphatic hydroxyl groups excluding tert-OH is 1. The molecule has 0 radical (unpaired) electrons. The molecule has 1 aliphatic carbocycles. The number of rotatable bonds is 7. The quantitative estimate of drug-likeness (QED) is 0.627. The van der Waals surface area contributed by atoms with Gasteiger partial charge in [0.25, 0.3) is 0 Å². The Morgan fingerprint density at radius 1 is 1.41 bits per heavy atom. The van der Waals surface area contributed by atoms with Crippen LogP contribution in [0, 0.1) is 5.92 Å². The number of aliphatic hydroxyl groups is 1. The molecule has 1 saturated carbocycles. The van der Waals surface area contributed by atoms with Crippen molar-refractivity contribution in [3.8, 4) is 0 Å². The second-order valence-corrected chi connectivity index (χ2v) is 5.34. The summed E-state index contributed by atoms with van der Waals surface area (Å²) in [7, 11) is 0. The third-order valence-electron chi connectivity index (χ3n) is 3.96. The monoisotopic (exact) mass is 242 g/mol. The van der Waals surface area contributed by atoms with Crippen molar-refractivity contribution < 1.29 is 9.90 Å². The van der Waals surface area contributed by atoms with Gasteiger partial charge in [0.2, 0.25) is 5.91 Å². The molecule has 1 rings (SSSR count). The molecule has 1 unspecified atom stereocenters. The highest BCUT2D eigenvalue weighted by Gasteiger charge is 2.34. The van der Waals surface area contributed by atoms with Gasteiger partial charge in [-0.15, -0.1) is 0 Å². The Labute approximate surface area is 104 Å². The fourth-order valence-corrected chi connectivity index (χ4v) is 2.41. The number of carbonyl (C=O) groups is 1. The average molecular weight is 242 g/mol. The normalized spacial score (nSPS) is 19.8. The third kappa shape index (κ3) is 4.28. The van der Waals surface area contributed by atoms with Crippen LogP contribution in [-0.4, -0.2) is 29.2 Å². The molecule has 100 valence electrons. The first-order chi connectivity index (χ1) is 8.00. The van der Waals surface area contributed by atoms with Crippen LogP contribution >= 0.6 is 0 Å². The number of nitrogens with one attached hydrogen (secondary N) is 1. The second kappa shape index (κ2) is 6.36. The molecule has 0 aromatic rings. The molecule has 1 aliphatic rings. The van der Waals surface area contributed by atoms with Crippen LogP contribution in [0.1, 0.15) is 52.4 Å². The summed E-state index contributed by atoms with van der Waals surface area (Å²) in [5, 5.41) is 12.7. The van der Waals surface area contributed by atoms with E-state index in [4.69, 9.17) is 5.73 Å². The van der Waals surface area contributed by atoms with Gasteiger partial charge < -0.3 is 16.2 Å². The van der Waals surface area contributed by atoms with Crippen LogP contribution in [0.25, 0.3) is 0 Å². The van der Waals surface area contributed by atoms with Crippen LogP contribution in [0.3, 0.4) is 0 Å². The van der Waals surface area contributed by atoms with E-state index in [0.29, 0.717) is 13.0 Å². The zero-order valence-electron chi connectivity index (χ0n) is 11.0. The Hall–Kier alpha value is -0.610. The molecule has 1 fully saturated rings. The smallest absolute Gasteiger partial charge is 0.221 e. The van der Waals surface area contributed by atoms with E-state index in [-0.39, 0.29) is 17.4 Å². The van der Waals surface area contributed by atoms with E-state index in [1.807, 2.05) is 0 Å². The van der Waals surface area contributed by atoms with Gasteiger partial charge in [-0.1, -0.05) is 26.7 Å². The molecule has 1 atom stereocenters.